The number of hydrogen-bond donors (Lipinski definition) is 1. The summed E-state index contributed by atoms with van der Waals surface area (Å²) >= 11 is 3.49. The molecule has 20 heavy (non-hydrogen) atoms. The van der Waals surface area contributed by atoms with Crippen molar-refractivity contribution in [2.45, 2.75) is 30.6 Å². The van der Waals surface area contributed by atoms with Crippen LogP contribution in [0.5, 0.6) is 0 Å². The highest BCUT2D eigenvalue weighted by Gasteiger charge is 2.26. The number of sulfonamides is 1. The predicted octanol–water partition coefficient (Wildman–Crippen LogP) is 2.70. The van der Waals surface area contributed by atoms with E-state index in [1.807, 2.05) is 0 Å². The number of rotatable bonds is 5. The summed E-state index contributed by atoms with van der Waals surface area (Å²) in [7, 11) is -3.68. The lowest BCUT2D eigenvalue weighted by Crippen LogP contribution is -2.34. The Kier molecular flexibility index (Phi) is 5.51. The third-order valence-electron chi connectivity index (χ3n) is 3.79. The molecule has 0 saturated heterocycles. The van der Waals surface area contributed by atoms with Crippen molar-refractivity contribution >= 4 is 26.0 Å². The van der Waals surface area contributed by atoms with Crippen LogP contribution < -0.4 is 4.72 Å². The normalized spacial score (nSPS) is 23.7. The van der Waals surface area contributed by atoms with Crippen LogP contribution in [0.4, 0.5) is 4.39 Å². The van der Waals surface area contributed by atoms with Gasteiger partial charge in [-0.1, -0.05) is 28.8 Å². The topological polar surface area (TPSA) is 59.1 Å². The maximum Gasteiger partial charge on any atom is 0.242 e. The van der Waals surface area contributed by atoms with Gasteiger partial charge in [0.15, 0.2) is 0 Å². The molecule has 0 aromatic carbocycles. The molecule has 0 radical (unpaired) electrons. The summed E-state index contributed by atoms with van der Waals surface area (Å²) in [6, 6.07) is 0.984. The van der Waals surface area contributed by atoms with Gasteiger partial charge >= 0.3 is 0 Å². The third kappa shape index (κ3) is 3.99. The summed E-state index contributed by atoms with van der Waals surface area (Å²) in [6.45, 7) is 0.398. The SMILES string of the molecule is O=S(=O)(NCC1CCCCC1CBr)c1cncc(F)c1. The van der Waals surface area contributed by atoms with Crippen molar-refractivity contribution in [3.8, 4) is 0 Å². The van der Waals surface area contributed by atoms with Gasteiger partial charge in [0.25, 0.3) is 0 Å². The minimum Gasteiger partial charge on any atom is -0.260 e. The molecule has 7 heteroatoms. The third-order valence-corrected chi connectivity index (χ3v) is 6.01. The van der Waals surface area contributed by atoms with E-state index in [0.29, 0.717) is 18.4 Å². The molecule has 2 rings (SSSR count). The van der Waals surface area contributed by atoms with E-state index in [9.17, 15) is 12.8 Å². The number of pyridine rings is 1. The molecule has 0 bridgehead atoms. The number of nitrogens with zero attached hydrogens (tertiary/aromatic N) is 1. The average molecular weight is 365 g/mol. The van der Waals surface area contributed by atoms with E-state index >= 15 is 0 Å². The van der Waals surface area contributed by atoms with Crippen LogP contribution in [0.1, 0.15) is 25.7 Å². The molecule has 1 N–H and O–H groups in total. The fraction of sp³-hybridized carbons (Fsp3) is 0.615. The molecule has 112 valence electrons. The summed E-state index contributed by atoms with van der Waals surface area (Å²) in [4.78, 5) is 3.45. The van der Waals surface area contributed by atoms with Gasteiger partial charge in [-0.15, -0.1) is 0 Å². The highest BCUT2D eigenvalue weighted by Crippen LogP contribution is 2.31. The Morgan fingerprint density at radius 2 is 2.00 bits per heavy atom. The van der Waals surface area contributed by atoms with Crippen LogP contribution in [0, 0.1) is 17.7 Å². The molecule has 1 heterocycles. The molecule has 1 aliphatic carbocycles. The summed E-state index contributed by atoms with van der Waals surface area (Å²) in [5.41, 5.74) is 0. The first kappa shape index (κ1) is 15.9. The molecule has 1 aliphatic rings. The Morgan fingerprint density at radius 3 is 2.65 bits per heavy atom. The molecular weight excluding hydrogens is 347 g/mol. The molecule has 0 spiro atoms. The lowest BCUT2D eigenvalue weighted by atomic mass is 9.80. The van der Waals surface area contributed by atoms with Crippen LogP contribution in [0.15, 0.2) is 23.4 Å². The van der Waals surface area contributed by atoms with Gasteiger partial charge in [-0.3, -0.25) is 4.98 Å². The molecule has 2 atom stereocenters. The number of alkyl halides is 1. The number of nitrogens with one attached hydrogen (secondary N) is 1. The van der Waals surface area contributed by atoms with E-state index in [4.69, 9.17) is 0 Å². The van der Waals surface area contributed by atoms with Crippen LogP contribution in [0.25, 0.3) is 0 Å². The summed E-state index contributed by atoms with van der Waals surface area (Å²) in [5, 5.41) is 0.890. The van der Waals surface area contributed by atoms with E-state index in [1.165, 1.54) is 6.42 Å². The number of aromatic nitrogens is 1. The zero-order chi connectivity index (χ0) is 14.6. The van der Waals surface area contributed by atoms with Crippen molar-refractivity contribution < 1.29 is 12.8 Å². The second-order valence-electron chi connectivity index (χ2n) is 5.15. The smallest absolute Gasteiger partial charge is 0.242 e. The Balaban J connectivity index is 2.02. The largest absolute Gasteiger partial charge is 0.260 e. The zero-order valence-electron chi connectivity index (χ0n) is 11.1. The van der Waals surface area contributed by atoms with Crippen molar-refractivity contribution in [1.29, 1.82) is 0 Å². The van der Waals surface area contributed by atoms with E-state index in [1.54, 1.807) is 0 Å². The summed E-state index contributed by atoms with van der Waals surface area (Å²) in [6.07, 6.45) is 6.64. The number of halogens is 2. The minimum absolute atomic E-state index is 0.122. The van der Waals surface area contributed by atoms with Gasteiger partial charge in [0.1, 0.15) is 10.7 Å². The van der Waals surface area contributed by atoms with E-state index in [2.05, 4.69) is 25.6 Å². The summed E-state index contributed by atoms with van der Waals surface area (Å²) < 4.78 is 39.8. The van der Waals surface area contributed by atoms with Gasteiger partial charge in [0.05, 0.1) is 6.20 Å². The first-order chi connectivity index (χ1) is 9.53. The molecule has 2 unspecified atom stereocenters. The van der Waals surface area contributed by atoms with Gasteiger partial charge in [-0.25, -0.2) is 17.5 Å². The Labute approximate surface area is 127 Å². The maximum absolute atomic E-state index is 13.0. The second kappa shape index (κ2) is 6.95. The standard InChI is InChI=1S/C13H18BrFN2O2S/c14-6-10-3-1-2-4-11(10)7-17-20(18,19)13-5-12(15)8-16-9-13/h5,8-11,17H,1-4,6-7H2. The van der Waals surface area contributed by atoms with Crippen LogP contribution in [0.2, 0.25) is 0 Å². The minimum atomic E-state index is -3.68. The van der Waals surface area contributed by atoms with E-state index in [-0.39, 0.29) is 4.90 Å². The molecule has 1 aromatic rings. The van der Waals surface area contributed by atoms with Crippen LogP contribution in [-0.2, 0) is 10.0 Å². The molecule has 1 aromatic heterocycles. The van der Waals surface area contributed by atoms with Crippen molar-refractivity contribution in [2.75, 3.05) is 11.9 Å². The van der Waals surface area contributed by atoms with Crippen molar-refractivity contribution in [1.82, 2.24) is 9.71 Å². The van der Waals surface area contributed by atoms with Gasteiger partial charge < -0.3 is 0 Å². The highest BCUT2D eigenvalue weighted by molar-refractivity contribution is 9.09. The van der Waals surface area contributed by atoms with Gasteiger partial charge in [0, 0.05) is 18.1 Å². The molecule has 0 aliphatic heterocycles. The Bertz CT molecular complexity index is 553. The first-order valence-electron chi connectivity index (χ1n) is 6.69. The monoisotopic (exact) mass is 364 g/mol. The second-order valence-corrected chi connectivity index (χ2v) is 7.56. The fourth-order valence-electron chi connectivity index (χ4n) is 2.60. The Morgan fingerprint density at radius 1 is 1.30 bits per heavy atom. The molecule has 0 amide bonds. The lowest BCUT2D eigenvalue weighted by Gasteiger charge is -2.30. The maximum atomic E-state index is 13.0. The summed E-state index contributed by atoms with van der Waals surface area (Å²) in [5.74, 6) is 0.181. The Hall–Kier alpha value is -0.530. The molecular formula is C13H18BrFN2O2S. The average Bonchev–Trinajstić information content (AvgIpc) is 2.45. The predicted molar refractivity (Wildman–Crippen MR) is 78.6 cm³/mol. The molecule has 1 fully saturated rings. The van der Waals surface area contributed by atoms with Crippen LogP contribution in [-0.4, -0.2) is 25.3 Å². The zero-order valence-corrected chi connectivity index (χ0v) is 13.5. The van der Waals surface area contributed by atoms with Gasteiger partial charge in [-0.05, 0) is 30.7 Å². The van der Waals surface area contributed by atoms with Crippen LogP contribution in [0.3, 0.4) is 0 Å². The van der Waals surface area contributed by atoms with E-state index < -0.39 is 15.8 Å². The molecule has 1 saturated carbocycles. The van der Waals surface area contributed by atoms with Gasteiger partial charge in [0.2, 0.25) is 10.0 Å². The van der Waals surface area contributed by atoms with Gasteiger partial charge in [-0.2, -0.15) is 0 Å². The van der Waals surface area contributed by atoms with Crippen molar-refractivity contribution in [3.05, 3.63) is 24.3 Å². The molecule has 4 nitrogen and oxygen atoms in total. The van der Waals surface area contributed by atoms with E-state index in [0.717, 1.165) is 43.1 Å². The number of hydrogen-bond acceptors (Lipinski definition) is 3. The fourth-order valence-corrected chi connectivity index (χ4v) is 4.52. The van der Waals surface area contributed by atoms with Crippen molar-refractivity contribution in [2.24, 2.45) is 11.8 Å². The lowest BCUT2D eigenvalue weighted by molar-refractivity contribution is 0.263. The quantitative estimate of drug-likeness (QED) is 0.817. The van der Waals surface area contributed by atoms with Crippen molar-refractivity contribution in [3.63, 3.8) is 0 Å². The first-order valence-corrected chi connectivity index (χ1v) is 9.29. The highest BCUT2D eigenvalue weighted by atomic mass is 79.9. The van der Waals surface area contributed by atoms with Crippen LogP contribution >= 0.6 is 15.9 Å².